The van der Waals surface area contributed by atoms with Gasteiger partial charge in [0.1, 0.15) is 24.2 Å². The largest absolute Gasteiger partial charge is 0.497 e. The molecule has 0 aromatic heterocycles. The summed E-state index contributed by atoms with van der Waals surface area (Å²) in [6, 6.07) is 28.1. The van der Waals surface area contributed by atoms with Crippen molar-refractivity contribution in [1.29, 1.82) is 0 Å². The van der Waals surface area contributed by atoms with Gasteiger partial charge in [-0.3, -0.25) is 13.9 Å². The molecule has 0 saturated carbocycles. The maximum Gasteiger partial charge on any atom is 0.264 e. The van der Waals surface area contributed by atoms with E-state index in [1.165, 1.54) is 42.3 Å². The van der Waals surface area contributed by atoms with Crippen LogP contribution in [-0.4, -0.2) is 50.9 Å². The first kappa shape index (κ1) is 33.2. The number of nitrogens with zero attached hydrogens (tertiary/aromatic N) is 2. The van der Waals surface area contributed by atoms with Crippen molar-refractivity contribution >= 4 is 27.5 Å². The molecule has 1 N–H and O–H groups in total. The van der Waals surface area contributed by atoms with E-state index >= 15 is 4.39 Å². The Morgan fingerprint density at radius 2 is 1.47 bits per heavy atom. The summed E-state index contributed by atoms with van der Waals surface area (Å²) < 4.78 is 49.3. The molecule has 10 heteroatoms. The molecule has 8 nitrogen and oxygen atoms in total. The Morgan fingerprint density at radius 1 is 0.867 bits per heavy atom. The Labute approximate surface area is 264 Å². The van der Waals surface area contributed by atoms with E-state index in [1.807, 2.05) is 44.2 Å². The third kappa shape index (κ3) is 8.48. The van der Waals surface area contributed by atoms with Crippen LogP contribution >= 0.6 is 0 Å². The van der Waals surface area contributed by atoms with Crippen LogP contribution < -0.4 is 14.4 Å². The van der Waals surface area contributed by atoms with Gasteiger partial charge >= 0.3 is 0 Å². The Hall–Kier alpha value is -4.70. The topological polar surface area (TPSA) is 96.0 Å². The second-order valence-electron chi connectivity index (χ2n) is 10.7. The number of halogens is 1. The van der Waals surface area contributed by atoms with E-state index in [-0.39, 0.29) is 35.2 Å². The number of sulfonamides is 1. The van der Waals surface area contributed by atoms with Gasteiger partial charge in [0.15, 0.2) is 0 Å². The van der Waals surface area contributed by atoms with Crippen molar-refractivity contribution in [2.45, 2.75) is 50.2 Å². The summed E-state index contributed by atoms with van der Waals surface area (Å²) in [4.78, 5) is 29.5. The molecule has 4 aromatic rings. The summed E-state index contributed by atoms with van der Waals surface area (Å²) in [5, 5.41) is 2.97. The number of carbonyl (C=O) groups is 2. The van der Waals surface area contributed by atoms with Gasteiger partial charge in [-0.25, -0.2) is 12.8 Å². The molecule has 4 aromatic carbocycles. The number of methoxy groups -OCH3 is 1. The highest BCUT2D eigenvalue weighted by atomic mass is 32.2. The molecule has 0 fully saturated rings. The smallest absolute Gasteiger partial charge is 0.264 e. The minimum Gasteiger partial charge on any atom is -0.497 e. The average molecular weight is 632 g/mol. The molecule has 236 valence electrons. The van der Waals surface area contributed by atoms with E-state index in [0.717, 1.165) is 9.87 Å². The van der Waals surface area contributed by atoms with Crippen molar-refractivity contribution in [2.24, 2.45) is 0 Å². The zero-order valence-electron chi connectivity index (χ0n) is 25.6. The number of carbonyl (C=O) groups excluding carboxylic acids is 2. The lowest BCUT2D eigenvalue weighted by Crippen LogP contribution is -2.54. The SMILES string of the molecule is CCC(C)NC(=O)C(Cc1ccccc1)N(Cc1ccccc1F)C(=O)CN(c1ccccc1)S(=O)(=O)c1ccc(OC)cc1. The molecule has 45 heavy (non-hydrogen) atoms. The van der Waals surface area contributed by atoms with Crippen LogP contribution in [0, 0.1) is 5.82 Å². The lowest BCUT2D eigenvalue weighted by Gasteiger charge is -2.34. The first-order valence-electron chi connectivity index (χ1n) is 14.7. The summed E-state index contributed by atoms with van der Waals surface area (Å²) in [6.07, 6.45) is 0.798. The molecule has 0 aliphatic carbocycles. The number of rotatable bonds is 14. The number of nitrogens with one attached hydrogen (secondary N) is 1. The van der Waals surface area contributed by atoms with Crippen molar-refractivity contribution in [1.82, 2.24) is 10.2 Å². The minimum absolute atomic E-state index is 0.0454. The van der Waals surface area contributed by atoms with Gasteiger partial charge in [-0.2, -0.15) is 0 Å². The fourth-order valence-corrected chi connectivity index (χ4v) is 6.22. The first-order valence-corrected chi connectivity index (χ1v) is 16.2. The van der Waals surface area contributed by atoms with Crippen molar-refractivity contribution in [3.05, 3.63) is 126 Å². The predicted octanol–water partition coefficient (Wildman–Crippen LogP) is 5.58. The van der Waals surface area contributed by atoms with Gasteiger partial charge in [-0.05, 0) is 61.4 Å². The van der Waals surface area contributed by atoms with Crippen molar-refractivity contribution in [3.63, 3.8) is 0 Å². The van der Waals surface area contributed by atoms with Gasteiger partial charge in [-0.15, -0.1) is 0 Å². The van der Waals surface area contributed by atoms with Gasteiger partial charge < -0.3 is 15.0 Å². The van der Waals surface area contributed by atoms with Crippen LogP contribution in [0.1, 0.15) is 31.4 Å². The fraction of sp³-hybridized carbons (Fsp3) is 0.257. The highest BCUT2D eigenvalue weighted by Crippen LogP contribution is 2.26. The van der Waals surface area contributed by atoms with Crippen LogP contribution in [0.2, 0.25) is 0 Å². The molecule has 2 amide bonds. The number of hydrogen-bond acceptors (Lipinski definition) is 5. The molecule has 2 atom stereocenters. The van der Waals surface area contributed by atoms with E-state index in [4.69, 9.17) is 4.74 Å². The maximum absolute atomic E-state index is 15.0. The third-order valence-electron chi connectivity index (χ3n) is 7.54. The van der Waals surface area contributed by atoms with Crippen LogP contribution in [0.5, 0.6) is 5.75 Å². The maximum atomic E-state index is 15.0. The molecule has 0 aliphatic heterocycles. The van der Waals surface area contributed by atoms with Gasteiger partial charge in [0, 0.05) is 24.6 Å². The standard InChI is InChI=1S/C35H38FN3O5S/c1-4-26(2)37-35(41)33(23-27-13-7-5-8-14-27)38(24-28-15-11-12-18-32(28)36)34(40)25-39(29-16-9-6-10-17-29)45(42,43)31-21-19-30(44-3)20-22-31/h5-22,26,33H,4,23-25H2,1-3H3,(H,37,41). The Bertz CT molecular complexity index is 1670. The summed E-state index contributed by atoms with van der Waals surface area (Å²) in [7, 11) is -2.78. The molecular weight excluding hydrogens is 593 g/mol. The molecule has 0 bridgehead atoms. The molecule has 0 radical (unpaired) electrons. The van der Waals surface area contributed by atoms with Gasteiger partial charge in [0.2, 0.25) is 11.8 Å². The number of benzene rings is 4. The van der Waals surface area contributed by atoms with Crippen molar-refractivity contribution in [3.8, 4) is 5.75 Å². The second kappa shape index (κ2) is 15.3. The number of amides is 2. The summed E-state index contributed by atoms with van der Waals surface area (Å²) in [5.74, 6) is -1.15. The van der Waals surface area contributed by atoms with E-state index in [2.05, 4.69) is 5.32 Å². The van der Waals surface area contributed by atoms with E-state index in [1.54, 1.807) is 48.5 Å². The molecule has 0 heterocycles. The van der Waals surface area contributed by atoms with E-state index in [0.29, 0.717) is 12.2 Å². The molecule has 4 rings (SSSR count). The molecule has 2 unspecified atom stereocenters. The minimum atomic E-state index is -4.26. The van der Waals surface area contributed by atoms with Crippen molar-refractivity contribution in [2.75, 3.05) is 18.0 Å². The van der Waals surface area contributed by atoms with Crippen LogP contribution in [-0.2, 0) is 32.6 Å². The van der Waals surface area contributed by atoms with Crippen LogP contribution in [0.3, 0.4) is 0 Å². The predicted molar refractivity (Wildman–Crippen MR) is 173 cm³/mol. The normalized spacial score (nSPS) is 12.5. The quantitative estimate of drug-likeness (QED) is 0.196. The van der Waals surface area contributed by atoms with Crippen molar-refractivity contribution < 1.29 is 27.1 Å². The van der Waals surface area contributed by atoms with Crippen LogP contribution in [0.4, 0.5) is 10.1 Å². The third-order valence-corrected chi connectivity index (χ3v) is 9.33. The highest BCUT2D eigenvalue weighted by molar-refractivity contribution is 7.92. The van der Waals surface area contributed by atoms with Crippen LogP contribution in [0.25, 0.3) is 0 Å². The Morgan fingerprint density at radius 3 is 2.07 bits per heavy atom. The van der Waals surface area contributed by atoms with Gasteiger partial charge in [0.25, 0.3) is 10.0 Å². The first-order chi connectivity index (χ1) is 21.6. The second-order valence-corrected chi connectivity index (χ2v) is 12.5. The zero-order valence-corrected chi connectivity index (χ0v) is 26.4. The number of para-hydroxylation sites is 1. The van der Waals surface area contributed by atoms with E-state index < -0.39 is 40.2 Å². The van der Waals surface area contributed by atoms with Gasteiger partial charge in [-0.1, -0.05) is 73.7 Å². The molecular formula is C35H38FN3O5S. The fourth-order valence-electron chi connectivity index (χ4n) is 4.80. The van der Waals surface area contributed by atoms with Gasteiger partial charge in [0.05, 0.1) is 17.7 Å². The summed E-state index contributed by atoms with van der Waals surface area (Å²) >= 11 is 0. The molecule has 0 saturated heterocycles. The van der Waals surface area contributed by atoms with Crippen LogP contribution in [0.15, 0.2) is 114 Å². The molecule has 0 aliphatic rings. The number of hydrogen-bond donors (Lipinski definition) is 1. The highest BCUT2D eigenvalue weighted by Gasteiger charge is 2.35. The summed E-state index contributed by atoms with van der Waals surface area (Å²) in [6.45, 7) is 2.91. The monoisotopic (exact) mass is 631 g/mol. The Kier molecular flexibility index (Phi) is 11.3. The average Bonchev–Trinajstić information content (AvgIpc) is 3.06. The van der Waals surface area contributed by atoms with E-state index in [9.17, 15) is 18.0 Å². The molecule has 0 spiro atoms. The lowest BCUT2D eigenvalue weighted by atomic mass is 10.0. The lowest BCUT2D eigenvalue weighted by molar-refractivity contribution is -0.140. The number of anilines is 1. The Balaban J connectivity index is 1.79. The number of ether oxygens (including phenoxy) is 1. The zero-order chi connectivity index (χ0) is 32.4. The summed E-state index contributed by atoms with van der Waals surface area (Å²) in [5.41, 5.74) is 1.25.